The maximum Gasteiger partial charge on any atom is 0.129 e. The highest BCUT2D eigenvalue weighted by Crippen LogP contribution is 2.31. The predicted octanol–water partition coefficient (Wildman–Crippen LogP) is 4.18. The number of benzene rings is 2. The van der Waals surface area contributed by atoms with Crippen molar-refractivity contribution in [2.45, 2.75) is 26.4 Å². The second-order valence-corrected chi connectivity index (χ2v) is 5.46. The quantitative estimate of drug-likeness (QED) is 0.881. The lowest BCUT2D eigenvalue weighted by molar-refractivity contribution is 0.340. The Kier molecular flexibility index (Phi) is 3.24. The highest BCUT2D eigenvalue weighted by Gasteiger charge is 2.29. The van der Waals surface area contributed by atoms with Gasteiger partial charge in [-0.3, -0.25) is 5.41 Å². The maximum atomic E-state index is 13.7. The first-order valence-electron chi connectivity index (χ1n) is 6.87. The summed E-state index contributed by atoms with van der Waals surface area (Å²) in [6.45, 7) is 4.20. The van der Waals surface area contributed by atoms with Crippen molar-refractivity contribution in [3.63, 3.8) is 0 Å². The van der Waals surface area contributed by atoms with Gasteiger partial charge in [-0.1, -0.05) is 18.2 Å². The molecule has 3 rings (SSSR count). The second kappa shape index (κ2) is 4.95. The van der Waals surface area contributed by atoms with Gasteiger partial charge in [0.15, 0.2) is 0 Å². The highest BCUT2D eigenvalue weighted by atomic mass is 19.1. The average Bonchev–Trinajstić information content (AvgIpc) is 2.78. The van der Waals surface area contributed by atoms with Gasteiger partial charge >= 0.3 is 0 Å². The Morgan fingerprint density at radius 1 is 1.14 bits per heavy atom. The molecule has 1 heterocycles. The minimum Gasteiger partial charge on any atom is -0.345 e. The topological polar surface area (TPSA) is 27.1 Å². The Labute approximate surface area is 122 Å². The molecule has 2 aromatic carbocycles. The number of hydrogen-bond acceptors (Lipinski definition) is 1. The Hall–Kier alpha value is -2.23. The fourth-order valence-electron chi connectivity index (χ4n) is 2.70. The first-order chi connectivity index (χ1) is 9.97. The summed E-state index contributed by atoms with van der Waals surface area (Å²) >= 11 is 0. The van der Waals surface area contributed by atoms with Crippen LogP contribution >= 0.6 is 0 Å². The Morgan fingerprint density at radius 3 is 2.62 bits per heavy atom. The van der Waals surface area contributed by atoms with E-state index in [2.05, 4.69) is 0 Å². The molecule has 0 saturated heterocycles. The van der Waals surface area contributed by atoms with E-state index >= 15 is 0 Å². The number of hydrogen-bond donors (Lipinski definition) is 1. The molecule has 2 aromatic rings. The summed E-state index contributed by atoms with van der Waals surface area (Å²) in [5.41, 5.74) is 2.97. The molecule has 1 N–H and O–H groups in total. The van der Waals surface area contributed by atoms with Crippen molar-refractivity contribution in [1.29, 1.82) is 5.41 Å². The molecular formula is C17H16F2N2. The van der Waals surface area contributed by atoms with Crippen LogP contribution in [-0.2, 0) is 6.54 Å². The molecule has 21 heavy (non-hydrogen) atoms. The molecule has 1 unspecified atom stereocenters. The largest absolute Gasteiger partial charge is 0.345 e. The van der Waals surface area contributed by atoms with Gasteiger partial charge in [-0.05, 0) is 48.7 Å². The van der Waals surface area contributed by atoms with E-state index in [9.17, 15) is 8.78 Å². The van der Waals surface area contributed by atoms with Crippen molar-refractivity contribution in [3.05, 3.63) is 70.3 Å². The van der Waals surface area contributed by atoms with Gasteiger partial charge < -0.3 is 4.90 Å². The molecule has 0 amide bonds. The molecule has 0 saturated carbocycles. The van der Waals surface area contributed by atoms with Gasteiger partial charge in [0.1, 0.15) is 17.5 Å². The monoisotopic (exact) mass is 286 g/mol. The molecule has 1 aliphatic rings. The van der Waals surface area contributed by atoms with E-state index in [1.165, 1.54) is 18.2 Å². The molecule has 108 valence electrons. The van der Waals surface area contributed by atoms with Crippen molar-refractivity contribution >= 4 is 5.84 Å². The number of amidine groups is 1. The molecule has 0 aromatic heterocycles. The smallest absolute Gasteiger partial charge is 0.129 e. The van der Waals surface area contributed by atoms with E-state index in [-0.39, 0.29) is 23.5 Å². The molecule has 4 heteroatoms. The number of aryl methyl sites for hydroxylation is 1. The van der Waals surface area contributed by atoms with Crippen LogP contribution in [0.3, 0.4) is 0 Å². The van der Waals surface area contributed by atoms with E-state index in [1.807, 2.05) is 17.9 Å². The van der Waals surface area contributed by atoms with Crippen molar-refractivity contribution in [1.82, 2.24) is 4.90 Å². The summed E-state index contributed by atoms with van der Waals surface area (Å²) in [7, 11) is 0. The molecule has 1 aliphatic heterocycles. The van der Waals surface area contributed by atoms with Crippen molar-refractivity contribution in [3.8, 4) is 0 Å². The fourth-order valence-corrected chi connectivity index (χ4v) is 2.70. The van der Waals surface area contributed by atoms with Crippen LogP contribution in [0.15, 0.2) is 36.4 Å². The summed E-state index contributed by atoms with van der Waals surface area (Å²) in [6, 6.07) is 9.50. The van der Waals surface area contributed by atoms with Crippen molar-refractivity contribution < 1.29 is 8.78 Å². The Balaban J connectivity index is 1.92. The summed E-state index contributed by atoms with van der Waals surface area (Å²) < 4.78 is 27.0. The third-order valence-electron chi connectivity index (χ3n) is 4.10. The van der Waals surface area contributed by atoms with E-state index in [4.69, 9.17) is 5.41 Å². The first-order valence-corrected chi connectivity index (χ1v) is 6.87. The van der Waals surface area contributed by atoms with Crippen molar-refractivity contribution in [2.24, 2.45) is 0 Å². The molecule has 0 aliphatic carbocycles. The Morgan fingerprint density at radius 2 is 1.90 bits per heavy atom. The van der Waals surface area contributed by atoms with E-state index < -0.39 is 0 Å². The SMILES string of the molecule is Cc1ccc(C(C)N2Cc3ccc(F)cc3C2=N)cc1F. The lowest BCUT2D eigenvalue weighted by Gasteiger charge is -2.26. The number of nitrogens with one attached hydrogen (secondary N) is 1. The van der Waals surface area contributed by atoms with Gasteiger partial charge in [-0.2, -0.15) is 0 Å². The Bertz CT molecular complexity index is 725. The van der Waals surface area contributed by atoms with Gasteiger partial charge in [0, 0.05) is 12.1 Å². The average molecular weight is 286 g/mol. The second-order valence-electron chi connectivity index (χ2n) is 5.46. The van der Waals surface area contributed by atoms with E-state index in [0.29, 0.717) is 17.7 Å². The maximum absolute atomic E-state index is 13.7. The zero-order valence-corrected chi connectivity index (χ0v) is 12.0. The third kappa shape index (κ3) is 2.31. The molecular weight excluding hydrogens is 270 g/mol. The van der Waals surface area contributed by atoms with Crippen LogP contribution in [-0.4, -0.2) is 10.7 Å². The molecule has 2 nitrogen and oxygen atoms in total. The van der Waals surface area contributed by atoms with Gasteiger partial charge in [0.2, 0.25) is 0 Å². The lowest BCUT2D eigenvalue weighted by atomic mass is 10.0. The van der Waals surface area contributed by atoms with Crippen molar-refractivity contribution in [2.75, 3.05) is 0 Å². The molecule has 0 bridgehead atoms. The molecule has 0 spiro atoms. The first kappa shape index (κ1) is 13.7. The van der Waals surface area contributed by atoms with Crippen LogP contribution < -0.4 is 0 Å². The lowest BCUT2D eigenvalue weighted by Crippen LogP contribution is -2.27. The van der Waals surface area contributed by atoms with Gasteiger partial charge in [-0.25, -0.2) is 8.78 Å². The summed E-state index contributed by atoms with van der Waals surface area (Å²) in [5, 5.41) is 8.23. The third-order valence-corrected chi connectivity index (χ3v) is 4.10. The van der Waals surface area contributed by atoms with Gasteiger partial charge in [0.25, 0.3) is 0 Å². The van der Waals surface area contributed by atoms with Gasteiger partial charge in [-0.15, -0.1) is 0 Å². The normalized spacial score (nSPS) is 15.2. The zero-order valence-electron chi connectivity index (χ0n) is 12.0. The van der Waals surface area contributed by atoms with Crippen LogP contribution in [0.5, 0.6) is 0 Å². The van der Waals surface area contributed by atoms with Gasteiger partial charge in [0.05, 0.1) is 6.04 Å². The van der Waals surface area contributed by atoms with E-state index in [0.717, 1.165) is 11.1 Å². The van der Waals surface area contributed by atoms with E-state index in [1.54, 1.807) is 19.1 Å². The van der Waals surface area contributed by atoms with Crippen LogP contribution in [0, 0.1) is 24.0 Å². The van der Waals surface area contributed by atoms with Crippen LogP contribution in [0.25, 0.3) is 0 Å². The standard InChI is InChI=1S/C17H16F2N2/c1-10-3-4-12(7-16(10)19)11(2)21-9-13-5-6-14(18)8-15(13)17(21)20/h3-8,11,20H,9H2,1-2H3. The van der Waals surface area contributed by atoms with Crippen LogP contribution in [0.1, 0.15) is 35.2 Å². The summed E-state index contributed by atoms with van der Waals surface area (Å²) in [5.74, 6) is -0.291. The number of halogens is 2. The number of fused-ring (bicyclic) bond motifs is 1. The van der Waals surface area contributed by atoms with Crippen LogP contribution in [0.4, 0.5) is 8.78 Å². The highest BCUT2D eigenvalue weighted by molar-refractivity contribution is 6.00. The summed E-state index contributed by atoms with van der Waals surface area (Å²) in [6.07, 6.45) is 0. The minimum atomic E-state index is -0.339. The molecule has 0 fully saturated rings. The zero-order chi connectivity index (χ0) is 15.1. The molecule has 0 radical (unpaired) electrons. The fraction of sp³-hybridized carbons (Fsp3) is 0.235. The summed E-state index contributed by atoms with van der Waals surface area (Å²) in [4.78, 5) is 1.86. The predicted molar refractivity (Wildman–Crippen MR) is 78.3 cm³/mol. The van der Waals surface area contributed by atoms with Crippen LogP contribution in [0.2, 0.25) is 0 Å². The minimum absolute atomic E-state index is 0.136. The number of rotatable bonds is 2. The number of nitrogens with zero attached hydrogens (tertiary/aromatic N) is 1. The molecule has 1 atom stereocenters.